The molecule has 2 heteroatoms. The van der Waals surface area contributed by atoms with Gasteiger partial charge in [-0.1, -0.05) is 42.5 Å². The maximum Gasteiger partial charge on any atom is 0.134 e. The molecule has 0 aliphatic heterocycles. The van der Waals surface area contributed by atoms with E-state index in [-0.39, 0.29) is 11.6 Å². The van der Waals surface area contributed by atoms with E-state index in [1.54, 1.807) is 19.1 Å². The Balaban J connectivity index is 2.30. The van der Waals surface area contributed by atoms with Gasteiger partial charge in [-0.25, -0.2) is 4.39 Å². The molecule has 2 rings (SSSR count). The van der Waals surface area contributed by atoms with Crippen molar-refractivity contribution in [3.63, 3.8) is 0 Å². The van der Waals surface area contributed by atoms with Crippen molar-refractivity contribution in [2.75, 3.05) is 0 Å². The van der Waals surface area contributed by atoms with E-state index in [1.165, 1.54) is 6.07 Å². The van der Waals surface area contributed by atoms with Gasteiger partial charge in [-0.3, -0.25) is 4.79 Å². The number of rotatable bonds is 3. The van der Waals surface area contributed by atoms with Gasteiger partial charge in [-0.15, -0.1) is 0 Å². The minimum Gasteiger partial charge on any atom is -0.300 e. The van der Waals surface area contributed by atoms with E-state index >= 15 is 0 Å². The monoisotopic (exact) mass is 228 g/mol. The zero-order valence-corrected chi connectivity index (χ0v) is 9.61. The molecule has 0 aliphatic carbocycles. The van der Waals surface area contributed by atoms with Crippen LogP contribution in [0.2, 0.25) is 0 Å². The number of ketones is 1. The van der Waals surface area contributed by atoms with Crippen LogP contribution in [0.5, 0.6) is 0 Å². The van der Waals surface area contributed by atoms with Crippen LogP contribution in [-0.2, 0) is 11.2 Å². The molecule has 0 heterocycles. The lowest BCUT2D eigenvalue weighted by Crippen LogP contribution is -1.95. The second-order valence-corrected chi connectivity index (χ2v) is 4.06. The molecular formula is C15H13FO. The third-order valence-electron chi connectivity index (χ3n) is 2.59. The van der Waals surface area contributed by atoms with Crippen LogP contribution in [-0.4, -0.2) is 5.78 Å². The maximum absolute atomic E-state index is 13.5. The molecule has 0 N–H and O–H groups in total. The first-order chi connectivity index (χ1) is 8.16. The predicted octanol–water partition coefficient (Wildman–Crippen LogP) is 3.62. The Labute approximate surface area is 99.9 Å². The largest absolute Gasteiger partial charge is 0.300 e. The molecule has 0 saturated heterocycles. The van der Waals surface area contributed by atoms with Crippen molar-refractivity contribution in [3.05, 3.63) is 59.9 Å². The quantitative estimate of drug-likeness (QED) is 0.784. The minimum atomic E-state index is -0.230. The van der Waals surface area contributed by atoms with Crippen LogP contribution in [0, 0.1) is 5.82 Å². The highest BCUT2D eigenvalue weighted by molar-refractivity contribution is 5.78. The lowest BCUT2D eigenvalue weighted by molar-refractivity contribution is -0.116. The average Bonchev–Trinajstić information content (AvgIpc) is 2.30. The number of carbonyl (C=O) groups is 1. The summed E-state index contributed by atoms with van der Waals surface area (Å²) in [5, 5.41) is 0. The number of halogens is 1. The van der Waals surface area contributed by atoms with Crippen LogP contribution in [0.1, 0.15) is 12.5 Å². The third kappa shape index (κ3) is 2.78. The van der Waals surface area contributed by atoms with E-state index in [4.69, 9.17) is 0 Å². The van der Waals surface area contributed by atoms with E-state index in [2.05, 4.69) is 0 Å². The van der Waals surface area contributed by atoms with Gasteiger partial charge in [0.15, 0.2) is 0 Å². The Morgan fingerprint density at radius 1 is 1.06 bits per heavy atom. The van der Waals surface area contributed by atoms with E-state index in [9.17, 15) is 9.18 Å². The molecule has 0 aromatic heterocycles. The summed E-state index contributed by atoms with van der Waals surface area (Å²) in [5.41, 5.74) is 2.37. The molecule has 0 amide bonds. The topological polar surface area (TPSA) is 17.1 Å². The molecule has 1 nitrogen and oxygen atoms in total. The second-order valence-electron chi connectivity index (χ2n) is 4.06. The molecule has 2 aromatic carbocycles. The SMILES string of the molecule is CC(=O)Cc1ccc(-c2ccccc2F)cc1. The molecule has 0 spiro atoms. The molecule has 0 unspecified atom stereocenters. The van der Waals surface area contributed by atoms with E-state index in [1.807, 2.05) is 30.3 Å². The molecule has 0 radical (unpaired) electrons. The highest BCUT2D eigenvalue weighted by Gasteiger charge is 2.04. The van der Waals surface area contributed by atoms with Gasteiger partial charge >= 0.3 is 0 Å². The van der Waals surface area contributed by atoms with Gasteiger partial charge < -0.3 is 0 Å². The molecule has 86 valence electrons. The molecule has 0 bridgehead atoms. The van der Waals surface area contributed by atoms with Gasteiger partial charge in [0.2, 0.25) is 0 Å². The van der Waals surface area contributed by atoms with Gasteiger partial charge in [-0.05, 0) is 24.1 Å². The fourth-order valence-electron chi connectivity index (χ4n) is 1.78. The average molecular weight is 228 g/mol. The Kier molecular flexibility index (Phi) is 3.33. The van der Waals surface area contributed by atoms with Crippen LogP contribution >= 0.6 is 0 Å². The molecular weight excluding hydrogens is 215 g/mol. The first-order valence-electron chi connectivity index (χ1n) is 5.50. The fourth-order valence-corrected chi connectivity index (χ4v) is 1.78. The maximum atomic E-state index is 13.5. The zero-order valence-electron chi connectivity index (χ0n) is 9.61. The molecule has 17 heavy (non-hydrogen) atoms. The Bertz CT molecular complexity index is 529. The second kappa shape index (κ2) is 4.91. The number of carbonyl (C=O) groups excluding carboxylic acids is 1. The summed E-state index contributed by atoms with van der Waals surface area (Å²) in [6.45, 7) is 1.56. The number of hydrogen-bond donors (Lipinski definition) is 0. The highest BCUT2D eigenvalue weighted by Crippen LogP contribution is 2.22. The number of hydrogen-bond acceptors (Lipinski definition) is 1. The van der Waals surface area contributed by atoms with Crippen molar-refractivity contribution >= 4 is 5.78 Å². The van der Waals surface area contributed by atoms with Crippen LogP contribution in [0.3, 0.4) is 0 Å². The van der Waals surface area contributed by atoms with Crippen LogP contribution in [0.4, 0.5) is 4.39 Å². The number of Topliss-reactive ketones (excluding diaryl/α,β-unsaturated/α-hetero) is 1. The van der Waals surface area contributed by atoms with Gasteiger partial charge in [0.1, 0.15) is 11.6 Å². The van der Waals surface area contributed by atoms with Gasteiger partial charge in [0.05, 0.1) is 0 Å². The lowest BCUT2D eigenvalue weighted by atomic mass is 10.0. The molecule has 0 aliphatic rings. The fraction of sp³-hybridized carbons (Fsp3) is 0.133. The molecule has 2 aromatic rings. The molecule has 0 atom stereocenters. The summed E-state index contributed by atoms with van der Waals surface area (Å²) >= 11 is 0. The minimum absolute atomic E-state index is 0.128. The van der Waals surface area contributed by atoms with Gasteiger partial charge in [-0.2, -0.15) is 0 Å². The van der Waals surface area contributed by atoms with Gasteiger partial charge in [0, 0.05) is 12.0 Å². The first-order valence-corrected chi connectivity index (χ1v) is 5.50. The summed E-state index contributed by atoms with van der Waals surface area (Å²) in [4.78, 5) is 11.0. The van der Waals surface area contributed by atoms with Crippen molar-refractivity contribution in [2.45, 2.75) is 13.3 Å². The van der Waals surface area contributed by atoms with Crippen LogP contribution < -0.4 is 0 Å². The summed E-state index contributed by atoms with van der Waals surface area (Å²) < 4.78 is 13.5. The number of benzene rings is 2. The Morgan fingerprint density at radius 2 is 1.71 bits per heavy atom. The van der Waals surface area contributed by atoms with E-state index in [0.717, 1.165) is 11.1 Å². The van der Waals surface area contributed by atoms with Gasteiger partial charge in [0.25, 0.3) is 0 Å². The molecule has 0 fully saturated rings. The smallest absolute Gasteiger partial charge is 0.134 e. The van der Waals surface area contributed by atoms with E-state index < -0.39 is 0 Å². The van der Waals surface area contributed by atoms with Crippen molar-refractivity contribution in [1.82, 2.24) is 0 Å². The summed E-state index contributed by atoms with van der Waals surface area (Å²) in [7, 11) is 0. The highest BCUT2D eigenvalue weighted by atomic mass is 19.1. The zero-order chi connectivity index (χ0) is 12.3. The van der Waals surface area contributed by atoms with Crippen LogP contribution in [0.25, 0.3) is 11.1 Å². The Hall–Kier alpha value is -1.96. The molecule has 0 saturated carbocycles. The van der Waals surface area contributed by atoms with E-state index in [0.29, 0.717) is 12.0 Å². The van der Waals surface area contributed by atoms with Crippen molar-refractivity contribution in [3.8, 4) is 11.1 Å². The summed E-state index contributed by atoms with van der Waals surface area (Å²) in [6, 6.07) is 14.1. The predicted molar refractivity (Wildman–Crippen MR) is 66.2 cm³/mol. The van der Waals surface area contributed by atoms with Crippen molar-refractivity contribution in [2.24, 2.45) is 0 Å². The van der Waals surface area contributed by atoms with Crippen molar-refractivity contribution < 1.29 is 9.18 Å². The van der Waals surface area contributed by atoms with Crippen molar-refractivity contribution in [1.29, 1.82) is 0 Å². The summed E-state index contributed by atoms with van der Waals surface area (Å²) in [5.74, 6) is -0.101. The first kappa shape index (κ1) is 11.5. The third-order valence-corrected chi connectivity index (χ3v) is 2.59. The Morgan fingerprint density at radius 3 is 2.29 bits per heavy atom. The standard InChI is InChI=1S/C15H13FO/c1-11(17)10-12-6-8-13(9-7-12)14-4-2-3-5-15(14)16/h2-9H,10H2,1H3. The lowest BCUT2D eigenvalue weighted by Gasteiger charge is -2.04. The van der Waals surface area contributed by atoms with Crippen LogP contribution in [0.15, 0.2) is 48.5 Å². The normalized spacial score (nSPS) is 10.2. The summed E-state index contributed by atoms with van der Waals surface area (Å²) in [6.07, 6.45) is 0.428.